The van der Waals surface area contributed by atoms with Crippen LogP contribution in [0.4, 0.5) is 0 Å². The van der Waals surface area contributed by atoms with Gasteiger partial charge in [0.1, 0.15) is 12.4 Å². The number of carbonyl (C=O) groups excluding carboxylic acids is 1. The summed E-state index contributed by atoms with van der Waals surface area (Å²) in [5, 5.41) is 0. The second kappa shape index (κ2) is 10.7. The highest BCUT2D eigenvalue weighted by atomic mass is 16.5. The first-order chi connectivity index (χ1) is 16.6. The number of hydrogen-bond acceptors (Lipinski definition) is 4. The first-order valence-electron chi connectivity index (χ1n) is 11.4. The summed E-state index contributed by atoms with van der Waals surface area (Å²) in [6.45, 7) is 8.77. The maximum Gasteiger partial charge on any atom is 0.343 e. The lowest BCUT2D eigenvalue weighted by Gasteiger charge is -2.17. The van der Waals surface area contributed by atoms with Crippen LogP contribution >= 0.6 is 0 Å². The maximum absolute atomic E-state index is 12.6. The van der Waals surface area contributed by atoms with Gasteiger partial charge in [-0.15, -0.1) is 6.58 Å². The largest absolute Gasteiger partial charge is 0.490 e. The van der Waals surface area contributed by atoms with Gasteiger partial charge in [0.2, 0.25) is 0 Å². The van der Waals surface area contributed by atoms with Crippen molar-refractivity contribution >= 4 is 17.8 Å². The van der Waals surface area contributed by atoms with Gasteiger partial charge in [-0.05, 0) is 55.7 Å². The molecule has 0 radical (unpaired) electrons. The van der Waals surface area contributed by atoms with Crippen LogP contribution in [0.25, 0.3) is 11.8 Å². The first kappa shape index (κ1) is 23.1. The molecule has 0 aromatic heterocycles. The molecule has 0 saturated carbocycles. The monoisotopic (exact) mass is 452 g/mol. The second-order valence-corrected chi connectivity index (χ2v) is 8.07. The molecule has 34 heavy (non-hydrogen) atoms. The normalized spacial score (nSPS) is 14.0. The Morgan fingerprint density at radius 2 is 1.76 bits per heavy atom. The minimum Gasteiger partial charge on any atom is -0.490 e. The van der Waals surface area contributed by atoms with Crippen molar-refractivity contribution in [3.8, 4) is 11.5 Å². The van der Waals surface area contributed by atoms with Gasteiger partial charge in [0, 0.05) is 11.1 Å². The highest BCUT2D eigenvalue weighted by molar-refractivity contribution is 6.05. The van der Waals surface area contributed by atoms with Crippen LogP contribution in [0.2, 0.25) is 0 Å². The van der Waals surface area contributed by atoms with Gasteiger partial charge in [-0.1, -0.05) is 66.2 Å². The van der Waals surface area contributed by atoms with Gasteiger partial charge in [0.25, 0.3) is 0 Å². The lowest BCUT2D eigenvalue weighted by molar-refractivity contribution is -0.130. The summed E-state index contributed by atoms with van der Waals surface area (Å²) in [6.07, 6.45) is 6.03. The molecule has 0 spiro atoms. The third kappa shape index (κ3) is 5.46. The SMILES string of the molecule is C=CCc1cc(/C=C2\C=C(c3ccc(C)cc3)OC2=O)cc(OCC)c1OCc1ccccc1. The zero-order valence-corrected chi connectivity index (χ0v) is 19.5. The minimum absolute atomic E-state index is 0.372. The van der Waals surface area contributed by atoms with E-state index in [1.54, 1.807) is 6.08 Å². The Hall–Kier alpha value is -4.05. The smallest absolute Gasteiger partial charge is 0.343 e. The number of aryl methyl sites for hydroxylation is 1. The molecule has 0 fully saturated rings. The predicted molar refractivity (Wildman–Crippen MR) is 136 cm³/mol. The van der Waals surface area contributed by atoms with Crippen molar-refractivity contribution in [2.24, 2.45) is 0 Å². The molecular weight excluding hydrogens is 424 g/mol. The lowest BCUT2D eigenvalue weighted by Crippen LogP contribution is -2.03. The van der Waals surface area contributed by atoms with E-state index in [1.165, 1.54) is 0 Å². The van der Waals surface area contributed by atoms with Crippen LogP contribution in [-0.4, -0.2) is 12.6 Å². The Kier molecular flexibility index (Phi) is 7.28. The fraction of sp³-hybridized carbons (Fsp3) is 0.167. The van der Waals surface area contributed by atoms with Crippen molar-refractivity contribution in [1.29, 1.82) is 0 Å². The maximum atomic E-state index is 12.6. The van der Waals surface area contributed by atoms with Crippen molar-refractivity contribution in [2.45, 2.75) is 26.9 Å². The summed E-state index contributed by atoms with van der Waals surface area (Å²) in [5.74, 6) is 1.51. The molecule has 0 bridgehead atoms. The number of allylic oxidation sites excluding steroid dienone is 1. The van der Waals surface area contributed by atoms with E-state index in [1.807, 2.05) is 92.7 Å². The van der Waals surface area contributed by atoms with Crippen LogP contribution in [-0.2, 0) is 22.6 Å². The molecule has 3 aromatic carbocycles. The number of benzene rings is 3. The van der Waals surface area contributed by atoms with Gasteiger partial charge in [-0.25, -0.2) is 4.79 Å². The Balaban J connectivity index is 1.67. The van der Waals surface area contributed by atoms with Gasteiger partial charge < -0.3 is 14.2 Å². The molecule has 4 rings (SSSR count). The van der Waals surface area contributed by atoms with Gasteiger partial charge in [0.15, 0.2) is 11.5 Å². The van der Waals surface area contributed by atoms with Crippen molar-refractivity contribution in [3.05, 3.63) is 119 Å². The molecule has 4 nitrogen and oxygen atoms in total. The Morgan fingerprint density at radius 1 is 1.00 bits per heavy atom. The van der Waals surface area contributed by atoms with E-state index in [0.717, 1.165) is 27.8 Å². The highest BCUT2D eigenvalue weighted by Gasteiger charge is 2.22. The summed E-state index contributed by atoms with van der Waals surface area (Å²) in [6, 6.07) is 21.8. The van der Waals surface area contributed by atoms with E-state index in [2.05, 4.69) is 6.58 Å². The molecule has 1 aliphatic rings. The number of carbonyl (C=O) groups is 1. The molecule has 1 aliphatic heterocycles. The summed E-state index contributed by atoms with van der Waals surface area (Å²) < 4.78 is 17.6. The van der Waals surface area contributed by atoms with E-state index in [4.69, 9.17) is 14.2 Å². The molecule has 1 heterocycles. The van der Waals surface area contributed by atoms with E-state index in [-0.39, 0.29) is 5.97 Å². The predicted octanol–water partition coefficient (Wildman–Crippen LogP) is 6.68. The average Bonchev–Trinajstić information content (AvgIpc) is 3.20. The quantitative estimate of drug-likeness (QED) is 0.206. The van der Waals surface area contributed by atoms with Crippen LogP contribution in [0.1, 0.15) is 34.7 Å². The molecular formula is C30H28O4. The lowest BCUT2D eigenvalue weighted by atomic mass is 10.0. The summed E-state index contributed by atoms with van der Waals surface area (Å²) >= 11 is 0. The van der Waals surface area contributed by atoms with Gasteiger partial charge in [-0.3, -0.25) is 0 Å². The Labute approximate surface area is 200 Å². The molecule has 0 N–H and O–H groups in total. The Morgan fingerprint density at radius 3 is 2.47 bits per heavy atom. The Bertz CT molecular complexity index is 1230. The van der Waals surface area contributed by atoms with Gasteiger partial charge in [-0.2, -0.15) is 0 Å². The fourth-order valence-corrected chi connectivity index (χ4v) is 3.76. The summed E-state index contributed by atoms with van der Waals surface area (Å²) in [5.41, 5.74) is 5.36. The fourth-order valence-electron chi connectivity index (χ4n) is 3.76. The molecule has 172 valence electrons. The van der Waals surface area contributed by atoms with Gasteiger partial charge >= 0.3 is 5.97 Å². The number of esters is 1. The molecule has 0 saturated heterocycles. The first-order valence-corrected chi connectivity index (χ1v) is 11.4. The molecule has 0 amide bonds. The van der Waals surface area contributed by atoms with E-state index < -0.39 is 0 Å². The number of rotatable bonds is 9. The number of hydrogen-bond donors (Lipinski definition) is 0. The van der Waals surface area contributed by atoms with Crippen molar-refractivity contribution < 1.29 is 19.0 Å². The zero-order chi connectivity index (χ0) is 23.9. The molecule has 0 aliphatic carbocycles. The van der Waals surface area contributed by atoms with Crippen LogP contribution in [0.15, 0.2) is 91.0 Å². The third-order valence-corrected chi connectivity index (χ3v) is 5.43. The van der Waals surface area contributed by atoms with Crippen LogP contribution in [0.3, 0.4) is 0 Å². The number of ether oxygens (including phenoxy) is 3. The summed E-state index contributed by atoms with van der Waals surface area (Å²) in [7, 11) is 0. The zero-order valence-electron chi connectivity index (χ0n) is 19.5. The molecule has 0 unspecified atom stereocenters. The molecule has 4 heteroatoms. The van der Waals surface area contributed by atoms with Crippen molar-refractivity contribution in [3.63, 3.8) is 0 Å². The molecule has 0 atom stereocenters. The standard InChI is InChI=1S/C30H28O4/c1-4-9-25-16-23(17-26-19-27(34-30(26)31)24-14-12-21(3)13-15-24)18-28(32-5-2)29(25)33-20-22-10-7-6-8-11-22/h4,6-8,10-19H,1,5,9,20H2,2-3H3/b26-17+. The van der Waals surface area contributed by atoms with E-state index in [9.17, 15) is 4.79 Å². The van der Waals surface area contributed by atoms with Crippen LogP contribution < -0.4 is 9.47 Å². The highest BCUT2D eigenvalue weighted by Crippen LogP contribution is 2.36. The van der Waals surface area contributed by atoms with E-state index >= 15 is 0 Å². The average molecular weight is 453 g/mol. The van der Waals surface area contributed by atoms with E-state index in [0.29, 0.717) is 42.5 Å². The van der Waals surface area contributed by atoms with Crippen LogP contribution in [0, 0.1) is 6.92 Å². The van der Waals surface area contributed by atoms with Crippen molar-refractivity contribution in [2.75, 3.05) is 6.61 Å². The third-order valence-electron chi connectivity index (χ3n) is 5.43. The minimum atomic E-state index is -0.372. The topological polar surface area (TPSA) is 44.8 Å². The van der Waals surface area contributed by atoms with Crippen LogP contribution in [0.5, 0.6) is 11.5 Å². The summed E-state index contributed by atoms with van der Waals surface area (Å²) in [4.78, 5) is 12.6. The number of cyclic esters (lactones) is 1. The van der Waals surface area contributed by atoms with Crippen molar-refractivity contribution in [1.82, 2.24) is 0 Å². The second-order valence-electron chi connectivity index (χ2n) is 8.07. The van der Waals surface area contributed by atoms with Gasteiger partial charge in [0.05, 0.1) is 12.2 Å². The molecule has 3 aromatic rings.